The summed E-state index contributed by atoms with van der Waals surface area (Å²) < 4.78 is 0. The molecular formula is C128H206N2O4S4. The van der Waals surface area contributed by atoms with Crippen LogP contribution in [-0.2, 0) is 10.8 Å². The third-order valence-corrected chi connectivity index (χ3v) is 37.9. The van der Waals surface area contributed by atoms with Gasteiger partial charge in [0.1, 0.15) is 0 Å². The van der Waals surface area contributed by atoms with Crippen LogP contribution in [-0.4, -0.2) is 46.5 Å². The molecule has 6 aromatic rings. The van der Waals surface area contributed by atoms with Gasteiger partial charge in [0.05, 0.1) is 11.1 Å². The Balaban J connectivity index is 0.999. The van der Waals surface area contributed by atoms with E-state index >= 15 is 19.2 Å². The van der Waals surface area contributed by atoms with Crippen molar-refractivity contribution in [2.75, 3.05) is 13.1 Å². The minimum atomic E-state index is -0.269. The van der Waals surface area contributed by atoms with Gasteiger partial charge in [-0.3, -0.25) is 29.0 Å². The molecule has 2 aliphatic heterocycles. The maximum atomic E-state index is 16.7. The number of fused-ring (bicyclic) bond motifs is 6. The summed E-state index contributed by atoms with van der Waals surface area (Å²) in [5.41, 5.74) is 9.15. The van der Waals surface area contributed by atoms with Crippen LogP contribution < -0.4 is 0 Å². The van der Waals surface area contributed by atoms with Gasteiger partial charge in [-0.25, -0.2) is 0 Å². The molecule has 2 aliphatic carbocycles. The second-order valence-corrected chi connectivity index (χ2v) is 48.7. The number of carbonyl (C=O) groups excluding carboxylic acids is 4. The van der Waals surface area contributed by atoms with Gasteiger partial charge < -0.3 is 0 Å². The van der Waals surface area contributed by atoms with Crippen molar-refractivity contribution in [1.29, 1.82) is 0 Å². The number of unbranched alkanes of at least 4 members (excludes halogenated alkanes) is 78. The van der Waals surface area contributed by atoms with E-state index in [2.05, 4.69) is 88.7 Å². The van der Waals surface area contributed by atoms with Crippen molar-refractivity contribution in [3.8, 4) is 40.4 Å². The van der Waals surface area contributed by atoms with Gasteiger partial charge in [0.25, 0.3) is 23.6 Å². The molecule has 0 N–H and O–H groups in total. The summed E-state index contributed by atoms with van der Waals surface area (Å²) in [6.07, 6.45) is 114. The smallest absolute Gasteiger partial charge is 0.262 e. The Morgan fingerprint density at radius 2 is 0.391 bits per heavy atom. The van der Waals surface area contributed by atoms with Gasteiger partial charge in [-0.1, -0.05) is 568 Å². The van der Waals surface area contributed by atoms with Gasteiger partial charge in [-0.2, -0.15) is 0 Å². The van der Waals surface area contributed by atoms with E-state index in [4.69, 9.17) is 0 Å². The maximum absolute atomic E-state index is 16.7. The summed E-state index contributed by atoms with van der Waals surface area (Å²) in [5.74, 6) is -1.05. The zero-order valence-corrected chi connectivity index (χ0v) is 93.7. The Hall–Kier alpha value is -4.22. The predicted octanol–water partition coefficient (Wildman–Crippen LogP) is 44.6. The van der Waals surface area contributed by atoms with Gasteiger partial charge in [-0.15, -0.1) is 45.3 Å². The maximum Gasteiger partial charge on any atom is 0.262 e. The number of carbonyl (C=O) groups is 4. The van der Waals surface area contributed by atoms with E-state index < -0.39 is 0 Å². The lowest BCUT2D eigenvalue weighted by Gasteiger charge is -2.34. The van der Waals surface area contributed by atoms with Crippen LogP contribution in [0.15, 0.2) is 47.2 Å². The molecule has 0 saturated heterocycles. The summed E-state index contributed by atoms with van der Waals surface area (Å²) >= 11 is 7.49. The highest BCUT2D eigenvalue weighted by Crippen LogP contribution is 2.63. The molecule has 138 heavy (non-hydrogen) atoms. The second kappa shape index (κ2) is 69.8. The lowest BCUT2D eigenvalue weighted by atomic mass is 9.71. The van der Waals surface area contributed by atoms with Gasteiger partial charge in [0.15, 0.2) is 0 Å². The van der Waals surface area contributed by atoms with Crippen molar-refractivity contribution in [1.82, 2.24) is 9.80 Å². The first kappa shape index (κ1) is 116. The van der Waals surface area contributed by atoms with Crippen LogP contribution in [0.4, 0.5) is 0 Å². The SMILES string of the molecule is CCCCCCCCCCCCCCCCN1C(=O)c2cc(-c3cc4c(s3)-c3sccc3C4(CCCCCCCCCCCCCCCC)CCCCCCCCCCCCCCCC)c3c4c(cc(-c5cc6c(s5)-c5sccc5C6(CCCCCCCCCCCCCCCC)CCCCCCCCCCCCCCCC)c(c24)C1=O)C(=O)N(CCCCCCCCCCCCCCCC)C3=O. The zero-order valence-electron chi connectivity index (χ0n) is 90.4. The first-order valence-electron chi connectivity index (χ1n) is 61.0. The monoisotopic (exact) mass is 1960 g/mol. The van der Waals surface area contributed by atoms with Gasteiger partial charge in [0.2, 0.25) is 0 Å². The van der Waals surface area contributed by atoms with E-state index in [9.17, 15) is 0 Å². The van der Waals surface area contributed by atoms with E-state index in [0.717, 1.165) is 85.1 Å². The van der Waals surface area contributed by atoms with Gasteiger partial charge in [0, 0.05) is 86.2 Å². The first-order chi connectivity index (χ1) is 68.1. The molecular weight excluding hydrogens is 1760 g/mol. The lowest BCUT2D eigenvalue weighted by molar-refractivity contribution is 0.0587. The third kappa shape index (κ3) is 36.7. The van der Waals surface area contributed by atoms with E-state index in [1.54, 1.807) is 9.80 Å². The van der Waals surface area contributed by atoms with Crippen molar-refractivity contribution < 1.29 is 19.2 Å². The molecule has 4 amide bonds. The highest BCUT2D eigenvalue weighted by Gasteiger charge is 2.49. The molecule has 2 aromatic carbocycles. The van der Waals surface area contributed by atoms with Crippen LogP contribution >= 0.6 is 45.3 Å². The van der Waals surface area contributed by atoms with Crippen LogP contribution in [0.3, 0.4) is 0 Å². The van der Waals surface area contributed by atoms with E-state index in [1.807, 2.05) is 45.3 Å². The molecule has 10 heteroatoms. The molecule has 10 rings (SSSR count). The molecule has 776 valence electrons. The number of hydrogen-bond acceptors (Lipinski definition) is 8. The highest BCUT2D eigenvalue weighted by atomic mass is 32.1. The normalized spacial score (nSPS) is 14.0. The fourth-order valence-electron chi connectivity index (χ4n) is 24.8. The van der Waals surface area contributed by atoms with Crippen LogP contribution in [0.2, 0.25) is 0 Å². The van der Waals surface area contributed by atoms with Crippen molar-refractivity contribution in [2.24, 2.45) is 0 Å². The van der Waals surface area contributed by atoms with Crippen molar-refractivity contribution >= 4 is 79.7 Å². The van der Waals surface area contributed by atoms with Crippen LogP contribution in [0, 0.1) is 0 Å². The Kier molecular flexibility index (Phi) is 58.5. The molecule has 0 saturated carbocycles. The number of rotatable bonds is 92. The Morgan fingerprint density at radius 3 is 0.594 bits per heavy atom. The van der Waals surface area contributed by atoms with Crippen molar-refractivity contribution in [3.63, 3.8) is 0 Å². The number of imide groups is 2. The van der Waals surface area contributed by atoms with Crippen molar-refractivity contribution in [3.05, 3.63) is 91.7 Å². The van der Waals surface area contributed by atoms with Crippen LogP contribution in [0.5, 0.6) is 0 Å². The summed E-state index contributed by atoms with van der Waals surface area (Å²) in [6, 6.07) is 14.2. The molecule has 0 spiro atoms. The molecule has 6 heterocycles. The topological polar surface area (TPSA) is 74.8 Å². The number of hydrogen-bond donors (Lipinski definition) is 0. The minimum absolute atomic E-state index is 0.156. The standard InChI is InChI=1S/C128H206N2O4S4/c1-7-13-19-25-31-37-43-49-55-61-67-73-79-85-93-127(94-86-80-74-68-62-56-50-44-38-32-26-20-14-8-2)109-91-99-135-119(109)121-111(127)103-113(137-121)105-101-107-116-115-108(124(132)129(125(133)117(105)115)97-89-83-77-71-65-59-53-47-41-35-29-23-17-11-5)102-106(118(116)126(134)130(123(107)131)98-90-84-78-72-66-60-54-48-42-36-30-24-18-12-6)114-104-112-122(138-114)120-110(92-100-136-120)128(112,95-87-81-75-69-63-57-51-45-39-33-27-21-15-9-3)96-88-82-76-70-64-58-52-46-40-34-28-22-16-10-4/h91-92,99-104H,7-90,93-98H2,1-6H3. The molecule has 4 aliphatic rings. The third-order valence-electron chi connectivity index (χ3n) is 33.4. The lowest BCUT2D eigenvalue weighted by Crippen LogP contribution is -2.44. The Labute approximate surface area is 864 Å². The average molecular weight is 1970 g/mol. The Morgan fingerprint density at radius 1 is 0.203 bits per heavy atom. The second-order valence-electron chi connectivity index (χ2n) is 44.7. The quantitative estimate of drug-likeness (QED) is 0.0282. The van der Waals surface area contributed by atoms with Gasteiger partial charge >= 0.3 is 0 Å². The average Bonchev–Trinajstić information content (AvgIpc) is 1.34. The molecule has 0 radical (unpaired) electrons. The number of nitrogens with zero attached hydrogens (tertiary/aromatic N) is 2. The predicted molar refractivity (Wildman–Crippen MR) is 610 cm³/mol. The minimum Gasteiger partial charge on any atom is -0.274 e. The molecule has 0 atom stereocenters. The largest absolute Gasteiger partial charge is 0.274 e. The fourth-order valence-corrected chi connectivity index (χ4v) is 29.7. The molecule has 6 nitrogen and oxygen atoms in total. The van der Waals surface area contributed by atoms with Crippen LogP contribution in [0.25, 0.3) is 51.2 Å². The molecule has 0 fully saturated rings. The number of amides is 4. The van der Waals surface area contributed by atoms with E-state index in [-0.39, 0.29) is 34.5 Å². The summed E-state index contributed by atoms with van der Waals surface area (Å²) in [4.78, 5) is 77.2. The van der Waals surface area contributed by atoms with Gasteiger partial charge in [-0.05, 0) is 108 Å². The van der Waals surface area contributed by atoms with Crippen molar-refractivity contribution in [2.45, 2.75) is 617 Å². The summed E-state index contributed by atoms with van der Waals surface area (Å²) in [6.45, 7) is 14.6. The highest BCUT2D eigenvalue weighted by molar-refractivity contribution is 7.24. The van der Waals surface area contributed by atoms with E-state index in [1.165, 1.54) is 543 Å². The molecule has 0 unspecified atom stereocenters. The fraction of sp³-hybridized carbons (Fsp3) is 0.766. The molecule has 0 bridgehead atoms. The van der Waals surface area contributed by atoms with E-state index in [0.29, 0.717) is 46.1 Å². The first-order valence-corrected chi connectivity index (χ1v) is 64.4. The Bertz CT molecular complexity index is 3940. The number of thiophene rings is 4. The zero-order chi connectivity index (χ0) is 97.0. The number of benzene rings is 2. The molecule has 4 aromatic heterocycles. The summed E-state index contributed by atoms with van der Waals surface area (Å²) in [5, 5.41) is 5.82. The summed E-state index contributed by atoms with van der Waals surface area (Å²) in [7, 11) is 0. The van der Waals surface area contributed by atoms with Crippen LogP contribution in [0.1, 0.15) is 670 Å².